The molecule has 2 rings (SSSR count). The maximum atomic E-state index is 12.6. The second-order valence-electron chi connectivity index (χ2n) is 5.91. The topological polar surface area (TPSA) is 29.3 Å². The fraction of sp³-hybridized carbons (Fsp3) is 0.625. The molecule has 112 valence electrons. The van der Waals surface area contributed by atoms with Crippen LogP contribution >= 0.6 is 0 Å². The molecule has 0 spiro atoms. The van der Waals surface area contributed by atoms with Crippen molar-refractivity contribution in [2.75, 3.05) is 13.1 Å². The summed E-state index contributed by atoms with van der Waals surface area (Å²) >= 11 is 0. The van der Waals surface area contributed by atoms with E-state index in [4.69, 9.17) is 5.73 Å². The lowest BCUT2D eigenvalue weighted by atomic mass is 9.97. The molecular formula is C16H24F2N2. The number of hydrogen-bond donors (Lipinski definition) is 1. The van der Waals surface area contributed by atoms with Gasteiger partial charge in [-0.25, -0.2) is 8.78 Å². The summed E-state index contributed by atoms with van der Waals surface area (Å²) in [6, 6.07) is 7.31. The standard InChI is InChI=1S/C16H24F2N2/c1-11(2)14-4-3-9-20(14)15(10-19)12-5-7-13(8-6-12)16(17)18/h5-8,11,14-16H,3-4,9-10,19H2,1-2H3. The van der Waals surface area contributed by atoms with Gasteiger partial charge in [0.05, 0.1) is 0 Å². The van der Waals surface area contributed by atoms with Gasteiger partial charge in [-0.2, -0.15) is 0 Å². The summed E-state index contributed by atoms with van der Waals surface area (Å²) in [5.74, 6) is 0.590. The van der Waals surface area contributed by atoms with Crippen LogP contribution in [0, 0.1) is 5.92 Å². The summed E-state index contributed by atoms with van der Waals surface area (Å²) in [6.45, 7) is 6.03. The quantitative estimate of drug-likeness (QED) is 0.891. The third-order valence-electron chi connectivity index (χ3n) is 4.31. The van der Waals surface area contributed by atoms with Gasteiger partial charge in [-0.1, -0.05) is 38.1 Å². The van der Waals surface area contributed by atoms with Crippen molar-refractivity contribution in [1.29, 1.82) is 0 Å². The van der Waals surface area contributed by atoms with Crippen LogP contribution in [0.25, 0.3) is 0 Å². The Bertz CT molecular complexity index is 417. The van der Waals surface area contributed by atoms with Crippen LogP contribution in [-0.2, 0) is 0 Å². The summed E-state index contributed by atoms with van der Waals surface area (Å²) in [4.78, 5) is 2.45. The molecule has 2 unspecified atom stereocenters. The average Bonchev–Trinajstić information content (AvgIpc) is 2.89. The number of likely N-dealkylation sites (tertiary alicyclic amines) is 1. The first-order valence-corrected chi connectivity index (χ1v) is 7.38. The Hall–Kier alpha value is -1.00. The van der Waals surface area contributed by atoms with Crippen LogP contribution in [-0.4, -0.2) is 24.0 Å². The van der Waals surface area contributed by atoms with Crippen LogP contribution in [0.4, 0.5) is 8.78 Å². The molecule has 4 heteroatoms. The highest BCUT2D eigenvalue weighted by molar-refractivity contribution is 5.26. The van der Waals surface area contributed by atoms with Crippen molar-refractivity contribution in [3.63, 3.8) is 0 Å². The highest BCUT2D eigenvalue weighted by atomic mass is 19.3. The maximum Gasteiger partial charge on any atom is 0.263 e. The maximum absolute atomic E-state index is 12.6. The lowest BCUT2D eigenvalue weighted by molar-refractivity contribution is 0.147. The molecular weight excluding hydrogens is 258 g/mol. The predicted molar refractivity (Wildman–Crippen MR) is 77.8 cm³/mol. The molecule has 1 aliphatic heterocycles. The van der Waals surface area contributed by atoms with Crippen molar-refractivity contribution in [2.45, 2.75) is 45.2 Å². The normalized spacial score (nSPS) is 21.9. The number of hydrogen-bond acceptors (Lipinski definition) is 2. The summed E-state index contributed by atoms with van der Waals surface area (Å²) in [6.07, 6.45) is -0.0202. The first kappa shape index (κ1) is 15.4. The Morgan fingerprint density at radius 2 is 1.80 bits per heavy atom. The van der Waals surface area contributed by atoms with E-state index < -0.39 is 6.43 Å². The lowest BCUT2D eigenvalue weighted by Crippen LogP contribution is -2.39. The molecule has 1 heterocycles. The molecule has 1 aliphatic rings. The number of nitrogens with two attached hydrogens (primary N) is 1. The van der Waals surface area contributed by atoms with Crippen LogP contribution < -0.4 is 5.73 Å². The molecule has 2 nitrogen and oxygen atoms in total. The van der Waals surface area contributed by atoms with Gasteiger partial charge in [0, 0.05) is 24.2 Å². The van der Waals surface area contributed by atoms with Gasteiger partial charge in [-0.05, 0) is 30.9 Å². The summed E-state index contributed by atoms with van der Waals surface area (Å²) in [5, 5.41) is 0. The van der Waals surface area contributed by atoms with Crippen LogP contribution in [0.2, 0.25) is 0 Å². The highest BCUT2D eigenvalue weighted by Crippen LogP contribution is 2.33. The molecule has 2 atom stereocenters. The smallest absolute Gasteiger partial charge is 0.263 e. The fourth-order valence-corrected chi connectivity index (χ4v) is 3.24. The number of benzene rings is 1. The average molecular weight is 282 g/mol. The molecule has 0 saturated carbocycles. The first-order valence-electron chi connectivity index (χ1n) is 7.38. The van der Waals surface area contributed by atoms with E-state index in [1.165, 1.54) is 25.0 Å². The molecule has 1 saturated heterocycles. The molecule has 0 bridgehead atoms. The van der Waals surface area contributed by atoms with Gasteiger partial charge in [-0.15, -0.1) is 0 Å². The Morgan fingerprint density at radius 3 is 2.30 bits per heavy atom. The van der Waals surface area contributed by atoms with Crippen molar-refractivity contribution >= 4 is 0 Å². The lowest BCUT2D eigenvalue weighted by Gasteiger charge is -2.35. The van der Waals surface area contributed by atoms with E-state index in [9.17, 15) is 8.78 Å². The molecule has 0 amide bonds. The van der Waals surface area contributed by atoms with E-state index in [0.29, 0.717) is 18.5 Å². The zero-order valence-corrected chi connectivity index (χ0v) is 12.2. The van der Waals surface area contributed by atoms with E-state index >= 15 is 0 Å². The minimum absolute atomic E-state index is 0.0753. The SMILES string of the molecule is CC(C)C1CCCN1C(CN)c1ccc(C(F)F)cc1. The van der Waals surface area contributed by atoms with Gasteiger partial charge in [0.15, 0.2) is 0 Å². The van der Waals surface area contributed by atoms with E-state index in [0.717, 1.165) is 12.1 Å². The molecule has 1 fully saturated rings. The molecule has 2 N–H and O–H groups in total. The highest BCUT2D eigenvalue weighted by Gasteiger charge is 2.32. The van der Waals surface area contributed by atoms with Crippen LogP contribution in [0.1, 0.15) is 50.3 Å². The fourth-order valence-electron chi connectivity index (χ4n) is 3.24. The zero-order valence-electron chi connectivity index (χ0n) is 12.2. The summed E-state index contributed by atoms with van der Waals surface area (Å²) in [5.41, 5.74) is 7.08. The molecule has 20 heavy (non-hydrogen) atoms. The Kier molecular flexibility index (Phi) is 5.11. The predicted octanol–water partition coefficient (Wildman–Crippen LogP) is 3.74. The van der Waals surface area contributed by atoms with Crippen molar-refractivity contribution in [3.8, 4) is 0 Å². The first-order chi connectivity index (χ1) is 9.54. The second-order valence-corrected chi connectivity index (χ2v) is 5.91. The molecule has 0 aromatic heterocycles. The van der Waals surface area contributed by atoms with E-state index in [-0.39, 0.29) is 11.6 Å². The van der Waals surface area contributed by atoms with Gasteiger partial charge in [0.25, 0.3) is 6.43 Å². The molecule has 1 aromatic carbocycles. The van der Waals surface area contributed by atoms with Crippen LogP contribution in [0.3, 0.4) is 0 Å². The van der Waals surface area contributed by atoms with Gasteiger partial charge >= 0.3 is 0 Å². The van der Waals surface area contributed by atoms with Crippen LogP contribution in [0.5, 0.6) is 0 Å². The second kappa shape index (κ2) is 6.64. The van der Waals surface area contributed by atoms with Crippen LogP contribution in [0.15, 0.2) is 24.3 Å². The van der Waals surface area contributed by atoms with Gasteiger partial charge in [0.2, 0.25) is 0 Å². The van der Waals surface area contributed by atoms with Crippen molar-refractivity contribution in [1.82, 2.24) is 4.90 Å². The third-order valence-corrected chi connectivity index (χ3v) is 4.31. The monoisotopic (exact) mass is 282 g/mol. The van der Waals surface area contributed by atoms with E-state index in [2.05, 4.69) is 18.7 Å². The minimum Gasteiger partial charge on any atom is -0.329 e. The summed E-state index contributed by atoms with van der Waals surface area (Å²) < 4.78 is 25.2. The number of alkyl halides is 2. The van der Waals surface area contributed by atoms with Gasteiger partial charge in [-0.3, -0.25) is 4.90 Å². The molecule has 0 radical (unpaired) electrons. The van der Waals surface area contributed by atoms with Crippen molar-refractivity contribution < 1.29 is 8.78 Å². The number of rotatable bonds is 5. The van der Waals surface area contributed by atoms with E-state index in [1.54, 1.807) is 12.1 Å². The number of nitrogens with zero attached hydrogens (tertiary/aromatic N) is 1. The molecule has 1 aromatic rings. The van der Waals surface area contributed by atoms with Gasteiger partial charge in [0.1, 0.15) is 0 Å². The molecule has 0 aliphatic carbocycles. The van der Waals surface area contributed by atoms with Crippen molar-refractivity contribution in [2.24, 2.45) is 11.7 Å². The van der Waals surface area contributed by atoms with Crippen molar-refractivity contribution in [3.05, 3.63) is 35.4 Å². The third kappa shape index (κ3) is 3.18. The zero-order chi connectivity index (χ0) is 14.7. The summed E-state index contributed by atoms with van der Waals surface area (Å²) in [7, 11) is 0. The number of halogens is 2. The Morgan fingerprint density at radius 1 is 1.20 bits per heavy atom. The largest absolute Gasteiger partial charge is 0.329 e. The Balaban J connectivity index is 2.19. The minimum atomic E-state index is -2.41. The Labute approximate surface area is 120 Å². The van der Waals surface area contributed by atoms with E-state index in [1.807, 2.05) is 0 Å². The van der Waals surface area contributed by atoms with Gasteiger partial charge < -0.3 is 5.73 Å².